The van der Waals surface area contributed by atoms with Gasteiger partial charge in [0.05, 0.1) is 5.56 Å². The lowest BCUT2D eigenvalue weighted by molar-refractivity contribution is -0.137. The molecule has 7 heteroatoms. The van der Waals surface area contributed by atoms with E-state index in [1.165, 1.54) is 0 Å². The number of nitrogens with one attached hydrogen (secondary N) is 1. The average Bonchev–Trinajstić information content (AvgIpc) is 2.37. The lowest BCUT2D eigenvalue weighted by Gasteiger charge is -2.34. The Kier molecular flexibility index (Phi) is 3.99. The molecule has 0 saturated carbocycles. The van der Waals surface area contributed by atoms with Crippen LogP contribution in [0.1, 0.15) is 11.1 Å². The van der Waals surface area contributed by atoms with Gasteiger partial charge in [-0.3, -0.25) is 5.41 Å². The van der Waals surface area contributed by atoms with Gasteiger partial charge in [-0.25, -0.2) is 4.39 Å². The molecule has 1 aliphatic heterocycles. The van der Waals surface area contributed by atoms with E-state index in [2.05, 4.69) is 0 Å². The summed E-state index contributed by atoms with van der Waals surface area (Å²) in [4.78, 5) is 3.57. The van der Waals surface area contributed by atoms with E-state index in [-0.39, 0.29) is 5.84 Å². The van der Waals surface area contributed by atoms with Crippen molar-refractivity contribution in [2.75, 3.05) is 33.2 Å². The number of amidine groups is 1. The zero-order valence-electron chi connectivity index (χ0n) is 11.0. The van der Waals surface area contributed by atoms with Crippen LogP contribution in [0.5, 0.6) is 0 Å². The van der Waals surface area contributed by atoms with Gasteiger partial charge in [0, 0.05) is 31.7 Å². The van der Waals surface area contributed by atoms with E-state index in [9.17, 15) is 17.6 Å². The van der Waals surface area contributed by atoms with Crippen molar-refractivity contribution in [3.8, 4) is 0 Å². The Labute approximate surface area is 114 Å². The van der Waals surface area contributed by atoms with Crippen LogP contribution in [-0.4, -0.2) is 48.9 Å². The van der Waals surface area contributed by atoms with Crippen LogP contribution in [0.15, 0.2) is 18.2 Å². The fraction of sp³-hybridized carbons (Fsp3) is 0.462. The number of benzene rings is 1. The van der Waals surface area contributed by atoms with Gasteiger partial charge in [0.25, 0.3) is 0 Å². The van der Waals surface area contributed by atoms with Gasteiger partial charge in [-0.05, 0) is 25.2 Å². The second kappa shape index (κ2) is 5.40. The normalized spacial score (nSPS) is 17.4. The molecular weight excluding hydrogens is 274 g/mol. The molecule has 1 aliphatic rings. The van der Waals surface area contributed by atoms with Crippen molar-refractivity contribution in [1.82, 2.24) is 9.80 Å². The summed E-state index contributed by atoms with van der Waals surface area (Å²) in [5, 5.41) is 7.95. The second-order valence-corrected chi connectivity index (χ2v) is 4.83. The van der Waals surface area contributed by atoms with Crippen LogP contribution in [0, 0.1) is 11.2 Å². The molecule has 0 unspecified atom stereocenters. The molecule has 1 aromatic carbocycles. The molecule has 0 spiro atoms. The summed E-state index contributed by atoms with van der Waals surface area (Å²) >= 11 is 0. The maximum absolute atomic E-state index is 13.2. The van der Waals surface area contributed by atoms with Gasteiger partial charge in [-0.1, -0.05) is 0 Å². The summed E-state index contributed by atoms with van der Waals surface area (Å²) < 4.78 is 52.0. The summed E-state index contributed by atoms with van der Waals surface area (Å²) in [5.74, 6) is -1.04. The first-order valence-electron chi connectivity index (χ1n) is 6.18. The van der Waals surface area contributed by atoms with E-state index in [1.54, 1.807) is 4.90 Å². The van der Waals surface area contributed by atoms with Gasteiger partial charge in [0.2, 0.25) is 0 Å². The molecule has 1 fully saturated rings. The minimum atomic E-state index is -4.60. The number of halogens is 4. The smallest absolute Gasteiger partial charge is 0.354 e. The molecule has 0 aromatic heterocycles. The van der Waals surface area contributed by atoms with Crippen molar-refractivity contribution in [2.45, 2.75) is 6.18 Å². The number of hydrogen-bond acceptors (Lipinski definition) is 2. The standard InChI is InChI=1S/C13H15F4N3/c1-19-4-6-20(7-5-19)12(18)10-8-9(14)2-3-11(10)13(15,16)17/h2-3,8,18H,4-7H2,1H3. The number of likely N-dealkylation sites (N-methyl/N-ethyl adjacent to an activating group) is 1. The number of alkyl halides is 3. The number of piperazine rings is 1. The molecule has 110 valence electrons. The predicted octanol–water partition coefficient (Wildman–Crippen LogP) is 2.42. The van der Waals surface area contributed by atoms with Gasteiger partial charge in [-0.2, -0.15) is 13.2 Å². The molecular formula is C13H15F4N3. The summed E-state index contributed by atoms with van der Waals surface area (Å²) in [6, 6.07) is 2.24. The third-order valence-electron chi connectivity index (χ3n) is 3.36. The van der Waals surface area contributed by atoms with E-state index in [0.29, 0.717) is 32.2 Å². The summed E-state index contributed by atoms with van der Waals surface area (Å²) in [6.07, 6.45) is -4.60. The fourth-order valence-electron chi connectivity index (χ4n) is 2.16. The topological polar surface area (TPSA) is 30.3 Å². The molecule has 3 nitrogen and oxygen atoms in total. The largest absolute Gasteiger partial charge is 0.417 e. The molecule has 0 aliphatic carbocycles. The highest BCUT2D eigenvalue weighted by Crippen LogP contribution is 2.33. The van der Waals surface area contributed by atoms with Crippen molar-refractivity contribution < 1.29 is 17.6 Å². The van der Waals surface area contributed by atoms with Gasteiger partial charge < -0.3 is 9.80 Å². The van der Waals surface area contributed by atoms with Crippen molar-refractivity contribution in [3.05, 3.63) is 35.1 Å². The third-order valence-corrected chi connectivity index (χ3v) is 3.36. The van der Waals surface area contributed by atoms with Crippen molar-refractivity contribution >= 4 is 5.84 Å². The molecule has 2 rings (SSSR count). The van der Waals surface area contributed by atoms with Crippen LogP contribution in [-0.2, 0) is 6.18 Å². The van der Waals surface area contributed by atoms with Crippen LogP contribution < -0.4 is 0 Å². The molecule has 0 radical (unpaired) electrons. The van der Waals surface area contributed by atoms with Crippen LogP contribution in [0.3, 0.4) is 0 Å². The van der Waals surface area contributed by atoms with E-state index in [1.807, 2.05) is 11.9 Å². The Morgan fingerprint density at radius 2 is 1.75 bits per heavy atom. The molecule has 1 heterocycles. The second-order valence-electron chi connectivity index (χ2n) is 4.83. The first kappa shape index (κ1) is 14.8. The zero-order chi connectivity index (χ0) is 14.9. The molecule has 0 bridgehead atoms. The highest BCUT2D eigenvalue weighted by atomic mass is 19.4. The molecule has 0 amide bonds. The Bertz CT molecular complexity index is 505. The van der Waals surface area contributed by atoms with E-state index in [0.717, 1.165) is 12.1 Å². The molecule has 1 saturated heterocycles. The van der Waals surface area contributed by atoms with Crippen molar-refractivity contribution in [2.24, 2.45) is 0 Å². The minimum absolute atomic E-state index is 0.273. The van der Waals surface area contributed by atoms with Gasteiger partial charge in [0.15, 0.2) is 0 Å². The zero-order valence-corrected chi connectivity index (χ0v) is 11.0. The van der Waals surface area contributed by atoms with E-state index in [4.69, 9.17) is 5.41 Å². The lowest BCUT2D eigenvalue weighted by Crippen LogP contribution is -2.47. The summed E-state index contributed by atoms with van der Waals surface area (Å²) in [6.45, 7) is 2.25. The lowest BCUT2D eigenvalue weighted by atomic mass is 10.0. The average molecular weight is 289 g/mol. The van der Waals surface area contributed by atoms with Crippen molar-refractivity contribution in [1.29, 1.82) is 5.41 Å². The highest BCUT2D eigenvalue weighted by Gasteiger charge is 2.35. The Morgan fingerprint density at radius 3 is 2.30 bits per heavy atom. The Balaban J connectivity index is 2.31. The van der Waals surface area contributed by atoms with Gasteiger partial charge in [0.1, 0.15) is 11.7 Å². The quantitative estimate of drug-likeness (QED) is 0.489. The third kappa shape index (κ3) is 3.09. The Morgan fingerprint density at radius 1 is 1.15 bits per heavy atom. The first-order valence-corrected chi connectivity index (χ1v) is 6.18. The first-order chi connectivity index (χ1) is 9.29. The molecule has 0 atom stereocenters. The van der Waals surface area contributed by atoms with E-state index >= 15 is 0 Å². The predicted molar refractivity (Wildman–Crippen MR) is 67.3 cm³/mol. The van der Waals surface area contributed by atoms with Crippen LogP contribution in [0.2, 0.25) is 0 Å². The van der Waals surface area contributed by atoms with E-state index < -0.39 is 23.1 Å². The van der Waals surface area contributed by atoms with Crippen molar-refractivity contribution in [3.63, 3.8) is 0 Å². The van der Waals surface area contributed by atoms with Gasteiger partial charge in [-0.15, -0.1) is 0 Å². The molecule has 1 N–H and O–H groups in total. The number of rotatable bonds is 1. The number of hydrogen-bond donors (Lipinski definition) is 1. The van der Waals surface area contributed by atoms with Gasteiger partial charge >= 0.3 is 6.18 Å². The highest BCUT2D eigenvalue weighted by molar-refractivity contribution is 5.98. The Hall–Kier alpha value is -1.63. The monoisotopic (exact) mass is 289 g/mol. The minimum Gasteiger partial charge on any atom is -0.354 e. The van der Waals surface area contributed by atoms with Crippen LogP contribution >= 0.6 is 0 Å². The summed E-state index contributed by atoms with van der Waals surface area (Å²) in [5.41, 5.74) is -1.37. The SMILES string of the molecule is CN1CCN(C(=N)c2cc(F)ccc2C(F)(F)F)CC1. The van der Waals surface area contributed by atoms with Crippen LogP contribution in [0.25, 0.3) is 0 Å². The maximum Gasteiger partial charge on any atom is 0.417 e. The fourth-order valence-corrected chi connectivity index (χ4v) is 2.16. The maximum atomic E-state index is 13.2. The van der Waals surface area contributed by atoms with Crippen LogP contribution in [0.4, 0.5) is 17.6 Å². The molecule has 20 heavy (non-hydrogen) atoms. The number of nitrogens with zero attached hydrogens (tertiary/aromatic N) is 2. The molecule has 1 aromatic rings. The summed E-state index contributed by atoms with van der Waals surface area (Å²) in [7, 11) is 1.91.